The Labute approximate surface area is 138 Å². The molecule has 0 spiro atoms. The molecule has 1 aliphatic rings. The van der Waals surface area contributed by atoms with Gasteiger partial charge in [-0.25, -0.2) is 0 Å². The van der Waals surface area contributed by atoms with Gasteiger partial charge in [-0.05, 0) is 37.0 Å². The molecule has 5 heteroatoms. The second-order valence-electron chi connectivity index (χ2n) is 6.94. The summed E-state index contributed by atoms with van der Waals surface area (Å²) in [5.74, 6) is 1.58. The van der Waals surface area contributed by atoms with Crippen molar-refractivity contribution in [1.29, 1.82) is 0 Å². The first-order valence-corrected chi connectivity index (χ1v) is 8.13. The number of carbonyl (C=O) groups excluding carboxylic acids is 1. The van der Waals surface area contributed by atoms with Gasteiger partial charge >= 0.3 is 0 Å². The highest BCUT2D eigenvalue weighted by Gasteiger charge is 2.29. The van der Waals surface area contributed by atoms with E-state index in [9.17, 15) is 4.79 Å². The Morgan fingerprint density at radius 2 is 1.96 bits per heavy atom. The number of hydrogen-bond acceptors (Lipinski definition) is 4. The first-order valence-electron chi connectivity index (χ1n) is 8.13. The zero-order chi connectivity index (χ0) is 17.0. The van der Waals surface area contributed by atoms with Crippen molar-refractivity contribution >= 4 is 5.91 Å². The molecule has 0 radical (unpaired) electrons. The van der Waals surface area contributed by atoms with E-state index in [2.05, 4.69) is 19.2 Å². The number of ether oxygens (including phenoxy) is 2. The lowest BCUT2D eigenvalue weighted by Crippen LogP contribution is -2.39. The molecule has 1 saturated carbocycles. The zero-order valence-corrected chi connectivity index (χ0v) is 14.5. The third-order valence-corrected chi connectivity index (χ3v) is 4.71. The second kappa shape index (κ2) is 7.21. The van der Waals surface area contributed by atoms with E-state index in [0.29, 0.717) is 18.0 Å². The molecule has 2 unspecified atom stereocenters. The van der Waals surface area contributed by atoms with E-state index >= 15 is 0 Å². The van der Waals surface area contributed by atoms with Crippen LogP contribution < -0.4 is 20.5 Å². The number of hydrogen-bond donors (Lipinski definition) is 2. The smallest absolute Gasteiger partial charge is 0.223 e. The SMILES string of the molecule is COc1ccc(C(C)(C)CNC(=O)C2CCC(N)C2)cc1OC. The molecule has 0 aliphatic heterocycles. The quantitative estimate of drug-likeness (QED) is 0.843. The van der Waals surface area contributed by atoms with Crippen LogP contribution in [0.4, 0.5) is 0 Å². The molecule has 1 fully saturated rings. The van der Waals surface area contributed by atoms with Gasteiger partial charge in [0.2, 0.25) is 5.91 Å². The minimum absolute atomic E-state index is 0.0613. The van der Waals surface area contributed by atoms with Crippen LogP contribution in [-0.2, 0) is 10.2 Å². The molecule has 3 N–H and O–H groups in total. The van der Waals surface area contributed by atoms with Gasteiger partial charge in [-0.2, -0.15) is 0 Å². The van der Waals surface area contributed by atoms with Crippen molar-refractivity contribution in [2.24, 2.45) is 11.7 Å². The number of methoxy groups -OCH3 is 2. The van der Waals surface area contributed by atoms with Gasteiger partial charge in [0, 0.05) is 23.9 Å². The lowest BCUT2D eigenvalue weighted by molar-refractivity contribution is -0.125. The fraction of sp³-hybridized carbons (Fsp3) is 0.611. The lowest BCUT2D eigenvalue weighted by atomic mass is 9.84. The number of nitrogens with one attached hydrogen (secondary N) is 1. The zero-order valence-electron chi connectivity index (χ0n) is 14.5. The predicted molar refractivity (Wildman–Crippen MR) is 90.9 cm³/mol. The molecule has 128 valence electrons. The normalized spacial score (nSPS) is 21.1. The summed E-state index contributed by atoms with van der Waals surface area (Å²) in [6.07, 6.45) is 2.63. The summed E-state index contributed by atoms with van der Waals surface area (Å²) >= 11 is 0. The summed E-state index contributed by atoms with van der Waals surface area (Å²) in [5.41, 5.74) is 6.79. The average Bonchev–Trinajstić information content (AvgIpc) is 2.98. The Balaban J connectivity index is 2.02. The third kappa shape index (κ3) is 4.16. The molecular weight excluding hydrogens is 292 g/mol. The Hall–Kier alpha value is -1.75. The molecule has 23 heavy (non-hydrogen) atoms. The number of carbonyl (C=O) groups is 1. The summed E-state index contributed by atoms with van der Waals surface area (Å²) in [6.45, 7) is 4.79. The highest BCUT2D eigenvalue weighted by molar-refractivity contribution is 5.79. The summed E-state index contributed by atoms with van der Waals surface area (Å²) in [5, 5.41) is 3.08. The van der Waals surface area contributed by atoms with E-state index < -0.39 is 0 Å². The van der Waals surface area contributed by atoms with Crippen LogP contribution in [0.5, 0.6) is 11.5 Å². The van der Waals surface area contributed by atoms with Gasteiger partial charge in [0.1, 0.15) is 0 Å². The summed E-state index contributed by atoms with van der Waals surface area (Å²) < 4.78 is 10.6. The molecule has 5 nitrogen and oxygen atoms in total. The minimum atomic E-state index is -0.198. The third-order valence-electron chi connectivity index (χ3n) is 4.71. The van der Waals surface area contributed by atoms with Gasteiger partial charge < -0.3 is 20.5 Å². The van der Waals surface area contributed by atoms with Crippen LogP contribution in [0.3, 0.4) is 0 Å². The van der Waals surface area contributed by atoms with E-state index in [1.165, 1.54) is 0 Å². The maximum absolute atomic E-state index is 12.3. The topological polar surface area (TPSA) is 73.6 Å². The monoisotopic (exact) mass is 320 g/mol. The standard InChI is InChI=1S/C18H28N2O3/c1-18(2,11-20-17(21)12-5-7-14(19)9-12)13-6-8-15(22-3)16(10-13)23-4/h6,8,10,12,14H,5,7,9,11,19H2,1-4H3,(H,20,21). The minimum Gasteiger partial charge on any atom is -0.493 e. The number of nitrogens with two attached hydrogens (primary N) is 1. The number of benzene rings is 1. The first-order chi connectivity index (χ1) is 10.9. The van der Waals surface area contributed by atoms with Crippen molar-refractivity contribution in [3.63, 3.8) is 0 Å². The van der Waals surface area contributed by atoms with Crippen molar-refractivity contribution in [3.8, 4) is 11.5 Å². The molecule has 2 rings (SSSR count). The number of amides is 1. The number of rotatable bonds is 6. The van der Waals surface area contributed by atoms with Crippen LogP contribution >= 0.6 is 0 Å². The van der Waals surface area contributed by atoms with Gasteiger partial charge in [0.25, 0.3) is 0 Å². The molecular formula is C18H28N2O3. The Morgan fingerprint density at radius 1 is 1.26 bits per heavy atom. The van der Waals surface area contributed by atoms with Gasteiger partial charge in [0.05, 0.1) is 14.2 Å². The largest absolute Gasteiger partial charge is 0.493 e. The van der Waals surface area contributed by atoms with Crippen LogP contribution in [0.1, 0.15) is 38.7 Å². The van der Waals surface area contributed by atoms with E-state index in [1.54, 1.807) is 14.2 Å². The Morgan fingerprint density at radius 3 is 2.52 bits per heavy atom. The molecule has 0 heterocycles. The highest BCUT2D eigenvalue weighted by Crippen LogP contribution is 2.33. The van der Waals surface area contributed by atoms with Crippen LogP contribution in [0.2, 0.25) is 0 Å². The van der Waals surface area contributed by atoms with Crippen LogP contribution in [0.25, 0.3) is 0 Å². The van der Waals surface area contributed by atoms with E-state index in [-0.39, 0.29) is 23.3 Å². The van der Waals surface area contributed by atoms with Crippen LogP contribution in [0, 0.1) is 5.92 Å². The molecule has 1 amide bonds. The van der Waals surface area contributed by atoms with E-state index in [1.807, 2.05) is 18.2 Å². The van der Waals surface area contributed by atoms with E-state index in [4.69, 9.17) is 15.2 Å². The predicted octanol–water partition coefficient (Wildman–Crippen LogP) is 2.22. The van der Waals surface area contributed by atoms with Crippen molar-refractivity contribution in [2.45, 2.75) is 44.6 Å². The molecule has 1 aromatic carbocycles. The molecule has 0 bridgehead atoms. The summed E-state index contributed by atoms with van der Waals surface area (Å²) in [6, 6.07) is 6.05. The van der Waals surface area contributed by atoms with Crippen LogP contribution in [-0.4, -0.2) is 32.7 Å². The second-order valence-corrected chi connectivity index (χ2v) is 6.94. The van der Waals surface area contributed by atoms with Gasteiger partial charge in [-0.1, -0.05) is 19.9 Å². The maximum atomic E-state index is 12.3. The van der Waals surface area contributed by atoms with Crippen LogP contribution in [0.15, 0.2) is 18.2 Å². The van der Waals surface area contributed by atoms with Crippen molar-refractivity contribution in [2.75, 3.05) is 20.8 Å². The molecule has 0 saturated heterocycles. The lowest BCUT2D eigenvalue weighted by Gasteiger charge is -2.27. The molecule has 1 aliphatic carbocycles. The Bertz CT molecular complexity index is 557. The van der Waals surface area contributed by atoms with Crippen molar-refractivity contribution < 1.29 is 14.3 Å². The fourth-order valence-corrected chi connectivity index (χ4v) is 3.07. The molecule has 2 atom stereocenters. The summed E-state index contributed by atoms with van der Waals surface area (Å²) in [7, 11) is 3.24. The first kappa shape index (κ1) is 17.6. The summed E-state index contributed by atoms with van der Waals surface area (Å²) in [4.78, 5) is 12.3. The van der Waals surface area contributed by atoms with Gasteiger partial charge in [-0.15, -0.1) is 0 Å². The van der Waals surface area contributed by atoms with Crippen molar-refractivity contribution in [1.82, 2.24) is 5.32 Å². The van der Waals surface area contributed by atoms with Gasteiger partial charge in [-0.3, -0.25) is 4.79 Å². The van der Waals surface area contributed by atoms with Crippen molar-refractivity contribution in [3.05, 3.63) is 23.8 Å². The molecule has 0 aromatic heterocycles. The highest BCUT2D eigenvalue weighted by atomic mass is 16.5. The maximum Gasteiger partial charge on any atom is 0.223 e. The average molecular weight is 320 g/mol. The Kier molecular flexibility index (Phi) is 5.52. The fourth-order valence-electron chi connectivity index (χ4n) is 3.07. The van der Waals surface area contributed by atoms with Gasteiger partial charge in [0.15, 0.2) is 11.5 Å². The van der Waals surface area contributed by atoms with E-state index in [0.717, 1.165) is 24.8 Å². The molecule has 1 aromatic rings.